The molecule has 0 aromatic heterocycles. The van der Waals surface area contributed by atoms with Crippen LogP contribution in [0.1, 0.15) is 39.0 Å². The van der Waals surface area contributed by atoms with Crippen LogP contribution < -0.4 is 0 Å². The molecule has 1 atom stereocenters. The minimum atomic E-state index is 0.760. The molecule has 0 N–H and O–H groups in total. The van der Waals surface area contributed by atoms with Gasteiger partial charge in [-0.1, -0.05) is 20.3 Å². The first kappa shape index (κ1) is 9.05. The standard InChI is InChI=1S/C10H20N/c1-3-10(4-2)11-8-6-5-7-9-11/h10H,1,3-9H2,2H3. The summed E-state index contributed by atoms with van der Waals surface area (Å²) in [5.74, 6) is 0. The van der Waals surface area contributed by atoms with Gasteiger partial charge in [0.25, 0.3) is 0 Å². The monoisotopic (exact) mass is 154 g/mol. The van der Waals surface area contributed by atoms with Gasteiger partial charge in [0, 0.05) is 6.04 Å². The van der Waals surface area contributed by atoms with Gasteiger partial charge >= 0.3 is 0 Å². The molecule has 1 fully saturated rings. The van der Waals surface area contributed by atoms with Gasteiger partial charge in [0.15, 0.2) is 0 Å². The highest BCUT2D eigenvalue weighted by Crippen LogP contribution is 2.15. The Balaban J connectivity index is 2.30. The maximum Gasteiger partial charge on any atom is 0.00926 e. The molecule has 0 saturated carbocycles. The lowest BCUT2D eigenvalue weighted by atomic mass is 10.1. The summed E-state index contributed by atoms with van der Waals surface area (Å²) in [6, 6.07) is 0.760. The van der Waals surface area contributed by atoms with E-state index in [1.165, 1.54) is 38.8 Å². The fourth-order valence-electron chi connectivity index (χ4n) is 1.93. The van der Waals surface area contributed by atoms with Crippen molar-refractivity contribution in [2.24, 2.45) is 0 Å². The highest BCUT2D eigenvalue weighted by atomic mass is 15.2. The maximum atomic E-state index is 3.99. The molecule has 1 aliphatic rings. The van der Waals surface area contributed by atoms with Crippen molar-refractivity contribution in [1.29, 1.82) is 0 Å². The normalized spacial score (nSPS) is 21.0. The third kappa shape index (κ3) is 2.48. The van der Waals surface area contributed by atoms with Gasteiger partial charge in [-0.25, -0.2) is 0 Å². The number of hydrogen-bond acceptors (Lipinski definition) is 1. The van der Waals surface area contributed by atoms with Crippen LogP contribution in [0.4, 0.5) is 0 Å². The number of nitrogens with zero attached hydrogens (tertiary/aromatic N) is 1. The van der Waals surface area contributed by atoms with Crippen LogP contribution >= 0.6 is 0 Å². The second-order valence-electron chi connectivity index (χ2n) is 3.45. The van der Waals surface area contributed by atoms with Crippen LogP contribution in [0, 0.1) is 6.92 Å². The summed E-state index contributed by atoms with van der Waals surface area (Å²) >= 11 is 0. The van der Waals surface area contributed by atoms with Crippen molar-refractivity contribution in [1.82, 2.24) is 4.90 Å². The van der Waals surface area contributed by atoms with Crippen molar-refractivity contribution in [3.8, 4) is 0 Å². The summed E-state index contributed by atoms with van der Waals surface area (Å²) in [5.41, 5.74) is 0. The Morgan fingerprint density at radius 1 is 1.27 bits per heavy atom. The predicted octanol–water partition coefficient (Wildman–Crippen LogP) is 2.48. The summed E-state index contributed by atoms with van der Waals surface area (Å²) in [4.78, 5) is 2.61. The Labute approximate surface area is 70.8 Å². The van der Waals surface area contributed by atoms with Gasteiger partial charge in [-0.2, -0.15) is 0 Å². The number of likely N-dealkylation sites (tertiary alicyclic amines) is 1. The zero-order valence-electron chi connectivity index (χ0n) is 7.68. The van der Waals surface area contributed by atoms with Gasteiger partial charge in [-0.15, -0.1) is 0 Å². The molecule has 1 saturated heterocycles. The molecule has 0 aromatic rings. The highest BCUT2D eigenvalue weighted by Gasteiger charge is 2.16. The largest absolute Gasteiger partial charge is 0.300 e. The van der Waals surface area contributed by atoms with E-state index in [-0.39, 0.29) is 0 Å². The van der Waals surface area contributed by atoms with Crippen LogP contribution in [0.5, 0.6) is 0 Å². The molecule has 1 aliphatic heterocycles. The molecule has 1 unspecified atom stereocenters. The van der Waals surface area contributed by atoms with Crippen molar-refractivity contribution < 1.29 is 0 Å². The molecule has 1 heteroatoms. The SMILES string of the molecule is [CH2]CC(CC)N1CCCCC1. The van der Waals surface area contributed by atoms with E-state index in [0.717, 1.165) is 12.5 Å². The van der Waals surface area contributed by atoms with Crippen molar-refractivity contribution in [3.63, 3.8) is 0 Å². The topological polar surface area (TPSA) is 3.24 Å². The van der Waals surface area contributed by atoms with E-state index in [0.29, 0.717) is 0 Å². The lowest BCUT2D eigenvalue weighted by molar-refractivity contribution is 0.159. The molecule has 1 nitrogen and oxygen atoms in total. The molecule has 0 aromatic carbocycles. The summed E-state index contributed by atoms with van der Waals surface area (Å²) < 4.78 is 0. The second-order valence-corrected chi connectivity index (χ2v) is 3.45. The smallest absolute Gasteiger partial charge is 0.00926 e. The minimum Gasteiger partial charge on any atom is -0.300 e. The zero-order valence-corrected chi connectivity index (χ0v) is 7.68. The fourth-order valence-corrected chi connectivity index (χ4v) is 1.93. The maximum absolute atomic E-state index is 3.99. The van der Waals surface area contributed by atoms with E-state index in [9.17, 15) is 0 Å². The lowest BCUT2D eigenvalue weighted by Crippen LogP contribution is -2.38. The molecular formula is C10H20N. The first-order valence-electron chi connectivity index (χ1n) is 4.91. The molecule has 1 heterocycles. The van der Waals surface area contributed by atoms with Crippen molar-refractivity contribution >= 4 is 0 Å². The number of piperidine rings is 1. The van der Waals surface area contributed by atoms with Crippen LogP contribution in [0.15, 0.2) is 0 Å². The molecule has 0 bridgehead atoms. The zero-order chi connectivity index (χ0) is 8.10. The highest BCUT2D eigenvalue weighted by molar-refractivity contribution is 4.74. The van der Waals surface area contributed by atoms with E-state index in [4.69, 9.17) is 0 Å². The second kappa shape index (κ2) is 4.76. The van der Waals surface area contributed by atoms with Crippen molar-refractivity contribution in [2.75, 3.05) is 13.1 Å². The van der Waals surface area contributed by atoms with Crippen LogP contribution in [0.2, 0.25) is 0 Å². The summed E-state index contributed by atoms with van der Waals surface area (Å²) in [6.07, 6.45) is 6.58. The van der Waals surface area contributed by atoms with Crippen LogP contribution in [-0.4, -0.2) is 24.0 Å². The van der Waals surface area contributed by atoms with Crippen LogP contribution in [0.25, 0.3) is 0 Å². The summed E-state index contributed by atoms with van der Waals surface area (Å²) in [7, 11) is 0. The molecule has 1 radical (unpaired) electrons. The minimum absolute atomic E-state index is 0.760. The van der Waals surface area contributed by atoms with Crippen LogP contribution in [-0.2, 0) is 0 Å². The Hall–Kier alpha value is -0.0400. The Kier molecular flexibility index (Phi) is 3.92. The molecular weight excluding hydrogens is 134 g/mol. The average Bonchev–Trinajstić information content (AvgIpc) is 2.09. The quantitative estimate of drug-likeness (QED) is 0.603. The summed E-state index contributed by atoms with van der Waals surface area (Å²) in [6.45, 7) is 8.89. The van der Waals surface area contributed by atoms with Gasteiger partial charge in [0.05, 0.1) is 0 Å². The average molecular weight is 154 g/mol. The molecule has 1 rings (SSSR count). The molecule has 11 heavy (non-hydrogen) atoms. The Bertz CT molecular complexity index is 91.0. The molecule has 0 amide bonds. The van der Waals surface area contributed by atoms with Crippen molar-refractivity contribution in [2.45, 2.75) is 45.1 Å². The van der Waals surface area contributed by atoms with E-state index in [2.05, 4.69) is 18.7 Å². The first-order chi connectivity index (χ1) is 5.38. The number of rotatable bonds is 3. The first-order valence-corrected chi connectivity index (χ1v) is 4.91. The number of hydrogen-bond donors (Lipinski definition) is 0. The Morgan fingerprint density at radius 2 is 1.91 bits per heavy atom. The van der Waals surface area contributed by atoms with Gasteiger partial charge in [0.2, 0.25) is 0 Å². The van der Waals surface area contributed by atoms with E-state index in [1.54, 1.807) is 0 Å². The predicted molar refractivity (Wildman–Crippen MR) is 49.5 cm³/mol. The van der Waals surface area contributed by atoms with Gasteiger partial charge in [-0.05, 0) is 38.8 Å². The molecule has 0 aliphatic carbocycles. The van der Waals surface area contributed by atoms with Crippen LogP contribution in [0.3, 0.4) is 0 Å². The van der Waals surface area contributed by atoms with Gasteiger partial charge < -0.3 is 4.90 Å². The Morgan fingerprint density at radius 3 is 2.36 bits per heavy atom. The lowest BCUT2D eigenvalue weighted by Gasteiger charge is -2.33. The van der Waals surface area contributed by atoms with E-state index < -0.39 is 0 Å². The van der Waals surface area contributed by atoms with E-state index in [1.807, 2.05) is 0 Å². The fraction of sp³-hybridized carbons (Fsp3) is 0.900. The van der Waals surface area contributed by atoms with Gasteiger partial charge in [-0.3, -0.25) is 0 Å². The summed E-state index contributed by atoms with van der Waals surface area (Å²) in [5, 5.41) is 0. The third-order valence-electron chi connectivity index (χ3n) is 2.71. The third-order valence-corrected chi connectivity index (χ3v) is 2.71. The van der Waals surface area contributed by atoms with E-state index >= 15 is 0 Å². The van der Waals surface area contributed by atoms with Crippen molar-refractivity contribution in [3.05, 3.63) is 6.92 Å². The molecule has 65 valence electrons. The van der Waals surface area contributed by atoms with Gasteiger partial charge in [0.1, 0.15) is 0 Å². The molecule has 0 spiro atoms.